The minimum absolute atomic E-state index is 0.0290. The van der Waals surface area contributed by atoms with Crippen molar-refractivity contribution in [3.05, 3.63) is 87.9 Å². The maximum Gasteiger partial charge on any atom is 0.407 e. The smallest absolute Gasteiger partial charge is 0.407 e. The van der Waals surface area contributed by atoms with Crippen LogP contribution in [0.15, 0.2) is 61.2 Å². The van der Waals surface area contributed by atoms with Gasteiger partial charge in [-0.05, 0) is 35.6 Å². The molecule has 0 radical (unpaired) electrons. The molecule has 9 heteroatoms. The van der Waals surface area contributed by atoms with Gasteiger partial charge in [-0.1, -0.05) is 54.6 Å². The predicted molar refractivity (Wildman–Crippen MR) is 132 cm³/mol. The number of amides is 2. The second-order valence-electron chi connectivity index (χ2n) is 8.08. The number of thiazole rings is 1. The van der Waals surface area contributed by atoms with Gasteiger partial charge in [-0.3, -0.25) is 4.79 Å². The molecular weight excluding hydrogens is 466 g/mol. The first-order valence-electron chi connectivity index (χ1n) is 11.1. The van der Waals surface area contributed by atoms with Gasteiger partial charge in [0, 0.05) is 10.8 Å². The lowest BCUT2D eigenvalue weighted by molar-refractivity contribution is -0.123. The molecule has 8 nitrogen and oxygen atoms in total. The Bertz CT molecular complexity index is 1240. The summed E-state index contributed by atoms with van der Waals surface area (Å²) >= 11 is 1.20. The molecule has 0 aliphatic heterocycles. The molecule has 1 aliphatic carbocycles. The Morgan fingerprint density at radius 3 is 2.34 bits per heavy atom. The molecule has 0 fully saturated rings. The molecule has 1 heterocycles. The third-order valence-electron chi connectivity index (χ3n) is 5.81. The van der Waals surface area contributed by atoms with E-state index in [-0.39, 0.29) is 31.2 Å². The van der Waals surface area contributed by atoms with E-state index in [0.29, 0.717) is 9.88 Å². The van der Waals surface area contributed by atoms with Crippen LogP contribution in [0, 0.1) is 6.92 Å². The highest BCUT2D eigenvalue weighted by Crippen LogP contribution is 2.44. The van der Waals surface area contributed by atoms with Gasteiger partial charge >= 0.3 is 12.1 Å². The van der Waals surface area contributed by atoms with Gasteiger partial charge < -0.3 is 20.5 Å². The predicted octanol–water partition coefficient (Wildman–Crippen LogP) is 4.25. The fourth-order valence-corrected chi connectivity index (χ4v) is 5.06. The molecule has 0 spiro atoms. The summed E-state index contributed by atoms with van der Waals surface area (Å²) in [6, 6.07) is 15.2. The van der Waals surface area contributed by atoms with Gasteiger partial charge in [0.2, 0.25) is 5.91 Å². The van der Waals surface area contributed by atoms with Gasteiger partial charge in [0.25, 0.3) is 0 Å². The zero-order valence-electron chi connectivity index (χ0n) is 19.1. The van der Waals surface area contributed by atoms with Crippen molar-refractivity contribution in [2.24, 2.45) is 0 Å². The molecule has 3 N–H and O–H groups in total. The van der Waals surface area contributed by atoms with Crippen molar-refractivity contribution in [1.82, 2.24) is 15.6 Å². The van der Waals surface area contributed by atoms with Gasteiger partial charge in [-0.2, -0.15) is 0 Å². The van der Waals surface area contributed by atoms with Crippen molar-refractivity contribution in [1.29, 1.82) is 0 Å². The van der Waals surface area contributed by atoms with E-state index in [1.807, 2.05) is 36.4 Å². The number of ether oxygens (including phenoxy) is 1. The van der Waals surface area contributed by atoms with Crippen molar-refractivity contribution in [3.63, 3.8) is 0 Å². The van der Waals surface area contributed by atoms with Crippen molar-refractivity contribution >= 4 is 29.3 Å². The standard InChI is InChI=1S/C26H25N3O5S/c1-3-8-21(24(30)27-13-22-29-23(25(31)32)15(2)35-22)28-26(33)34-14-20-18-11-6-4-9-16(18)17-10-5-7-12-19(17)20/h3-7,9-12,20-21H,1,8,13-14H2,2H3,(H,27,30)(H,28,33)(H,31,32). The van der Waals surface area contributed by atoms with Crippen molar-refractivity contribution in [3.8, 4) is 11.1 Å². The number of carboxylic acids is 1. The van der Waals surface area contributed by atoms with Gasteiger partial charge in [0.05, 0.1) is 6.54 Å². The summed E-state index contributed by atoms with van der Waals surface area (Å²) in [5, 5.41) is 14.9. The highest BCUT2D eigenvalue weighted by Gasteiger charge is 2.29. The van der Waals surface area contributed by atoms with Gasteiger partial charge in [0.15, 0.2) is 5.69 Å². The zero-order chi connectivity index (χ0) is 24.9. The van der Waals surface area contributed by atoms with Crippen LogP contribution in [0.1, 0.15) is 43.8 Å². The molecule has 2 aromatic carbocycles. The van der Waals surface area contributed by atoms with E-state index in [0.717, 1.165) is 22.3 Å². The van der Waals surface area contributed by atoms with E-state index >= 15 is 0 Å². The van der Waals surface area contributed by atoms with Crippen LogP contribution >= 0.6 is 11.3 Å². The Hall–Kier alpha value is -3.98. The first-order valence-corrected chi connectivity index (χ1v) is 11.9. The number of carbonyl (C=O) groups is 3. The van der Waals surface area contributed by atoms with Gasteiger partial charge in [-0.25, -0.2) is 14.6 Å². The van der Waals surface area contributed by atoms with Gasteiger partial charge in [0.1, 0.15) is 17.7 Å². The Morgan fingerprint density at radius 1 is 1.14 bits per heavy atom. The molecular formula is C26H25N3O5S. The molecule has 2 amide bonds. The fourth-order valence-electron chi connectivity index (χ4n) is 4.19. The number of benzene rings is 2. The number of carboxylic acid groups (broad SMARTS) is 1. The van der Waals surface area contributed by atoms with E-state index in [9.17, 15) is 14.4 Å². The van der Waals surface area contributed by atoms with Gasteiger partial charge in [-0.15, -0.1) is 17.9 Å². The molecule has 4 rings (SSSR count). The first kappa shape index (κ1) is 24.2. The maximum atomic E-state index is 12.7. The topological polar surface area (TPSA) is 118 Å². The minimum Gasteiger partial charge on any atom is -0.476 e. The lowest BCUT2D eigenvalue weighted by Crippen LogP contribution is -2.46. The van der Waals surface area contributed by atoms with Crippen LogP contribution in [0.5, 0.6) is 0 Å². The van der Waals surface area contributed by atoms with Crippen LogP contribution in [0.2, 0.25) is 0 Å². The van der Waals surface area contributed by atoms with Crippen LogP contribution < -0.4 is 10.6 Å². The summed E-state index contributed by atoms with van der Waals surface area (Å²) in [6.45, 7) is 5.50. The van der Waals surface area contributed by atoms with E-state index in [2.05, 4.69) is 34.3 Å². The monoisotopic (exact) mass is 491 g/mol. The summed E-state index contributed by atoms with van der Waals surface area (Å²) in [6.07, 6.45) is 1.03. The second kappa shape index (κ2) is 10.5. The summed E-state index contributed by atoms with van der Waals surface area (Å²) < 4.78 is 5.53. The van der Waals surface area contributed by atoms with Crippen LogP contribution in [-0.4, -0.2) is 40.7 Å². The number of aromatic carboxylic acids is 1. The summed E-state index contributed by atoms with van der Waals surface area (Å²) in [5.41, 5.74) is 4.43. The zero-order valence-corrected chi connectivity index (χ0v) is 19.9. The molecule has 0 saturated heterocycles. The highest BCUT2D eigenvalue weighted by molar-refractivity contribution is 7.11. The normalized spacial score (nSPS) is 12.8. The molecule has 180 valence electrons. The Balaban J connectivity index is 1.36. The number of rotatable bonds is 9. The fraction of sp³-hybridized carbons (Fsp3) is 0.231. The SMILES string of the molecule is C=CCC(NC(=O)OCC1c2ccccc2-c2ccccc21)C(=O)NCc1nc(C(=O)O)c(C)s1. The lowest BCUT2D eigenvalue weighted by atomic mass is 9.98. The van der Waals surface area contributed by atoms with Crippen LogP contribution in [0.3, 0.4) is 0 Å². The number of nitrogens with one attached hydrogen (secondary N) is 2. The van der Waals surface area contributed by atoms with Crippen molar-refractivity contribution in [2.75, 3.05) is 6.61 Å². The Labute approximate surface area is 206 Å². The molecule has 1 atom stereocenters. The average molecular weight is 492 g/mol. The Kier molecular flexibility index (Phi) is 7.26. The summed E-state index contributed by atoms with van der Waals surface area (Å²) in [7, 11) is 0. The molecule has 0 saturated carbocycles. The number of nitrogens with zero attached hydrogens (tertiary/aromatic N) is 1. The number of aryl methyl sites for hydroxylation is 1. The maximum absolute atomic E-state index is 12.7. The summed E-state index contributed by atoms with van der Waals surface area (Å²) in [5.74, 6) is -1.64. The minimum atomic E-state index is -1.11. The number of aromatic nitrogens is 1. The molecule has 35 heavy (non-hydrogen) atoms. The number of carbonyl (C=O) groups excluding carboxylic acids is 2. The lowest BCUT2D eigenvalue weighted by Gasteiger charge is -2.18. The number of fused-ring (bicyclic) bond motifs is 3. The second-order valence-corrected chi connectivity index (χ2v) is 9.37. The number of hydrogen-bond donors (Lipinski definition) is 3. The average Bonchev–Trinajstić information content (AvgIpc) is 3.38. The largest absolute Gasteiger partial charge is 0.476 e. The van der Waals surface area contributed by atoms with Crippen LogP contribution in [-0.2, 0) is 16.1 Å². The molecule has 1 aliphatic rings. The molecule has 1 aromatic heterocycles. The molecule has 1 unspecified atom stereocenters. The number of alkyl carbamates (subject to hydrolysis) is 1. The summed E-state index contributed by atoms with van der Waals surface area (Å²) in [4.78, 5) is 41.0. The van der Waals surface area contributed by atoms with E-state index in [1.54, 1.807) is 6.92 Å². The Morgan fingerprint density at radius 2 is 1.77 bits per heavy atom. The van der Waals surface area contributed by atoms with Crippen LogP contribution in [0.4, 0.5) is 4.79 Å². The third kappa shape index (κ3) is 5.25. The highest BCUT2D eigenvalue weighted by atomic mass is 32.1. The molecule has 0 bridgehead atoms. The first-order chi connectivity index (χ1) is 16.9. The van der Waals surface area contributed by atoms with Crippen molar-refractivity contribution in [2.45, 2.75) is 31.8 Å². The molecule has 3 aromatic rings. The quantitative estimate of drug-likeness (QED) is 0.385. The third-order valence-corrected chi connectivity index (χ3v) is 6.78. The van der Waals surface area contributed by atoms with E-state index in [4.69, 9.17) is 9.84 Å². The number of hydrogen-bond acceptors (Lipinski definition) is 6. The van der Waals surface area contributed by atoms with E-state index in [1.165, 1.54) is 17.4 Å². The van der Waals surface area contributed by atoms with Crippen LogP contribution in [0.25, 0.3) is 11.1 Å². The van der Waals surface area contributed by atoms with E-state index < -0.39 is 24.0 Å². The van der Waals surface area contributed by atoms with Crippen molar-refractivity contribution < 1.29 is 24.2 Å².